The molecule has 1 aromatic carbocycles. The zero-order valence-corrected chi connectivity index (χ0v) is 13.6. The van der Waals surface area contributed by atoms with Gasteiger partial charge in [-0.1, -0.05) is 12.1 Å². The summed E-state index contributed by atoms with van der Waals surface area (Å²) in [5, 5.41) is 4.46. The van der Waals surface area contributed by atoms with E-state index in [9.17, 15) is 4.79 Å². The SMILES string of the molecule is COc1ccccc1-n1cc(CN2CCN3C(=O)OCC3C2)cn1. The first kappa shape index (κ1) is 15.0. The number of carbonyl (C=O) groups excluding carboxylic acids is 1. The van der Waals surface area contributed by atoms with Crippen molar-refractivity contribution < 1.29 is 14.3 Å². The molecule has 0 radical (unpaired) electrons. The predicted molar refractivity (Wildman–Crippen MR) is 87.2 cm³/mol. The minimum atomic E-state index is -0.177. The van der Waals surface area contributed by atoms with Crippen LogP contribution in [-0.4, -0.2) is 65.1 Å². The second-order valence-electron chi connectivity index (χ2n) is 6.12. The van der Waals surface area contributed by atoms with E-state index in [4.69, 9.17) is 9.47 Å². The maximum absolute atomic E-state index is 11.6. The van der Waals surface area contributed by atoms with Crippen LogP contribution in [0.5, 0.6) is 5.75 Å². The number of aromatic nitrogens is 2. The quantitative estimate of drug-likeness (QED) is 0.852. The molecule has 0 saturated carbocycles. The first-order chi connectivity index (χ1) is 11.7. The number of para-hydroxylation sites is 2. The van der Waals surface area contributed by atoms with Gasteiger partial charge in [0.2, 0.25) is 0 Å². The standard InChI is InChI=1S/C17H20N4O3/c1-23-16-5-3-2-4-15(16)21-10-13(8-18-21)9-19-6-7-20-14(11-19)12-24-17(20)22/h2-5,8,10,14H,6-7,9,11-12H2,1H3. The molecule has 1 unspecified atom stereocenters. The van der Waals surface area contributed by atoms with Crippen molar-refractivity contribution in [3.05, 3.63) is 42.2 Å². The lowest BCUT2D eigenvalue weighted by atomic mass is 10.2. The van der Waals surface area contributed by atoms with Crippen LogP contribution >= 0.6 is 0 Å². The number of fused-ring (bicyclic) bond motifs is 1. The molecule has 4 rings (SSSR count). The Morgan fingerprint density at radius 1 is 1.33 bits per heavy atom. The summed E-state index contributed by atoms with van der Waals surface area (Å²) in [5.74, 6) is 0.794. The van der Waals surface area contributed by atoms with E-state index in [1.807, 2.05) is 46.2 Å². The monoisotopic (exact) mass is 328 g/mol. The third-order valence-electron chi connectivity index (χ3n) is 4.57. The van der Waals surface area contributed by atoms with E-state index < -0.39 is 0 Å². The summed E-state index contributed by atoms with van der Waals surface area (Å²) in [5.41, 5.74) is 2.06. The van der Waals surface area contributed by atoms with Gasteiger partial charge in [-0.25, -0.2) is 9.48 Å². The lowest BCUT2D eigenvalue weighted by molar-refractivity contribution is 0.115. The number of piperazine rings is 1. The van der Waals surface area contributed by atoms with Gasteiger partial charge in [-0.05, 0) is 12.1 Å². The summed E-state index contributed by atoms with van der Waals surface area (Å²) in [6, 6.07) is 7.99. The van der Waals surface area contributed by atoms with Crippen molar-refractivity contribution in [2.24, 2.45) is 0 Å². The molecule has 126 valence electrons. The number of carbonyl (C=O) groups is 1. The van der Waals surface area contributed by atoms with Gasteiger partial charge in [0.05, 0.1) is 19.3 Å². The van der Waals surface area contributed by atoms with Crippen molar-refractivity contribution in [1.82, 2.24) is 19.6 Å². The first-order valence-electron chi connectivity index (χ1n) is 8.07. The van der Waals surface area contributed by atoms with Crippen LogP contribution in [-0.2, 0) is 11.3 Å². The van der Waals surface area contributed by atoms with E-state index in [2.05, 4.69) is 10.00 Å². The number of hydrogen-bond donors (Lipinski definition) is 0. The largest absolute Gasteiger partial charge is 0.494 e. The zero-order valence-electron chi connectivity index (χ0n) is 13.6. The van der Waals surface area contributed by atoms with Gasteiger partial charge < -0.3 is 9.47 Å². The van der Waals surface area contributed by atoms with E-state index in [-0.39, 0.29) is 12.1 Å². The second-order valence-corrected chi connectivity index (χ2v) is 6.12. The predicted octanol–water partition coefficient (Wildman–Crippen LogP) is 1.52. The number of benzene rings is 1. The van der Waals surface area contributed by atoms with Crippen LogP contribution in [0.2, 0.25) is 0 Å². The molecule has 7 heteroatoms. The molecule has 1 amide bonds. The molecule has 2 aliphatic rings. The van der Waals surface area contributed by atoms with Crippen molar-refractivity contribution in [3.8, 4) is 11.4 Å². The molecule has 2 aromatic rings. The van der Waals surface area contributed by atoms with Gasteiger partial charge >= 0.3 is 6.09 Å². The number of amides is 1. The Morgan fingerprint density at radius 3 is 3.08 bits per heavy atom. The summed E-state index contributed by atoms with van der Waals surface area (Å²) in [4.78, 5) is 15.7. The molecule has 0 N–H and O–H groups in total. The summed E-state index contributed by atoms with van der Waals surface area (Å²) >= 11 is 0. The van der Waals surface area contributed by atoms with Crippen LogP contribution in [0.4, 0.5) is 4.79 Å². The molecule has 2 fully saturated rings. The molecule has 0 aliphatic carbocycles. The Hall–Kier alpha value is -2.54. The van der Waals surface area contributed by atoms with E-state index in [1.165, 1.54) is 0 Å². The van der Waals surface area contributed by atoms with Gasteiger partial charge in [0.1, 0.15) is 18.0 Å². The van der Waals surface area contributed by atoms with E-state index in [0.717, 1.165) is 43.2 Å². The van der Waals surface area contributed by atoms with E-state index in [1.54, 1.807) is 7.11 Å². The number of rotatable bonds is 4. The van der Waals surface area contributed by atoms with Gasteiger partial charge in [0.15, 0.2) is 0 Å². The topological polar surface area (TPSA) is 59.8 Å². The molecular formula is C17H20N4O3. The number of hydrogen-bond acceptors (Lipinski definition) is 5. The Kier molecular flexibility index (Phi) is 3.86. The zero-order chi connectivity index (χ0) is 16.5. The van der Waals surface area contributed by atoms with E-state index >= 15 is 0 Å². The fraction of sp³-hybridized carbons (Fsp3) is 0.412. The normalized spacial score (nSPS) is 20.8. The molecule has 3 heterocycles. The van der Waals surface area contributed by atoms with Crippen LogP contribution < -0.4 is 4.74 Å². The molecule has 1 aromatic heterocycles. The Labute approximate surface area is 140 Å². The molecular weight excluding hydrogens is 308 g/mol. The Bertz CT molecular complexity index is 745. The summed E-state index contributed by atoms with van der Waals surface area (Å²) in [6.07, 6.45) is 3.74. The van der Waals surface area contributed by atoms with Crippen LogP contribution in [0.25, 0.3) is 5.69 Å². The Balaban J connectivity index is 1.45. The van der Waals surface area contributed by atoms with Crippen LogP contribution in [0, 0.1) is 0 Å². The van der Waals surface area contributed by atoms with Gasteiger partial charge in [-0.3, -0.25) is 9.80 Å². The minimum Gasteiger partial charge on any atom is -0.494 e. The molecule has 24 heavy (non-hydrogen) atoms. The highest BCUT2D eigenvalue weighted by atomic mass is 16.6. The Morgan fingerprint density at radius 2 is 2.21 bits per heavy atom. The van der Waals surface area contributed by atoms with Gasteiger partial charge in [-0.15, -0.1) is 0 Å². The number of ether oxygens (including phenoxy) is 2. The third-order valence-corrected chi connectivity index (χ3v) is 4.57. The maximum atomic E-state index is 11.6. The lowest BCUT2D eigenvalue weighted by Crippen LogP contribution is -2.51. The highest BCUT2D eigenvalue weighted by molar-refractivity contribution is 5.70. The molecule has 7 nitrogen and oxygen atoms in total. The van der Waals surface area contributed by atoms with Crippen molar-refractivity contribution in [1.29, 1.82) is 0 Å². The third kappa shape index (κ3) is 2.71. The first-order valence-corrected chi connectivity index (χ1v) is 8.07. The number of methoxy groups -OCH3 is 1. The van der Waals surface area contributed by atoms with Crippen molar-refractivity contribution in [3.63, 3.8) is 0 Å². The molecule has 0 bridgehead atoms. The van der Waals surface area contributed by atoms with Crippen LogP contribution in [0.3, 0.4) is 0 Å². The summed E-state index contributed by atoms with van der Waals surface area (Å²) < 4.78 is 12.3. The van der Waals surface area contributed by atoms with Gasteiger partial charge in [0, 0.05) is 37.9 Å². The molecule has 1 atom stereocenters. The van der Waals surface area contributed by atoms with Gasteiger partial charge in [-0.2, -0.15) is 5.10 Å². The molecule has 0 spiro atoms. The smallest absolute Gasteiger partial charge is 0.410 e. The van der Waals surface area contributed by atoms with Crippen molar-refractivity contribution in [2.75, 3.05) is 33.4 Å². The fourth-order valence-corrected chi connectivity index (χ4v) is 3.35. The summed E-state index contributed by atoms with van der Waals surface area (Å²) in [6.45, 7) is 3.73. The average Bonchev–Trinajstić information content (AvgIpc) is 3.22. The maximum Gasteiger partial charge on any atom is 0.410 e. The lowest BCUT2D eigenvalue weighted by Gasteiger charge is -2.35. The van der Waals surface area contributed by atoms with Crippen LogP contribution in [0.15, 0.2) is 36.7 Å². The number of cyclic esters (lactones) is 1. The van der Waals surface area contributed by atoms with Crippen LogP contribution in [0.1, 0.15) is 5.56 Å². The van der Waals surface area contributed by atoms with Gasteiger partial charge in [0.25, 0.3) is 0 Å². The second kappa shape index (κ2) is 6.16. The average molecular weight is 328 g/mol. The highest BCUT2D eigenvalue weighted by Gasteiger charge is 2.37. The van der Waals surface area contributed by atoms with Crippen molar-refractivity contribution in [2.45, 2.75) is 12.6 Å². The molecule has 2 aliphatic heterocycles. The van der Waals surface area contributed by atoms with Crippen molar-refractivity contribution >= 4 is 6.09 Å². The fourth-order valence-electron chi connectivity index (χ4n) is 3.35. The van der Waals surface area contributed by atoms with E-state index in [0.29, 0.717) is 6.61 Å². The minimum absolute atomic E-state index is 0.176. The highest BCUT2D eigenvalue weighted by Crippen LogP contribution is 2.23. The molecule has 2 saturated heterocycles. The number of nitrogens with zero attached hydrogens (tertiary/aromatic N) is 4. The summed E-state index contributed by atoms with van der Waals surface area (Å²) in [7, 11) is 1.66.